The molecule has 0 saturated carbocycles. The molecule has 14 heavy (non-hydrogen) atoms. The summed E-state index contributed by atoms with van der Waals surface area (Å²) >= 11 is 0. The third-order valence-corrected chi connectivity index (χ3v) is 2.79. The Kier molecular flexibility index (Phi) is 7.20. The topological polar surface area (TPSA) is 12.5 Å². The summed E-state index contributed by atoms with van der Waals surface area (Å²) in [5, 5.41) is 0. The minimum atomic E-state index is 0.438. The monoisotopic (exact) mass is 201 g/mol. The van der Waals surface area contributed by atoms with Gasteiger partial charge in [0, 0.05) is 6.04 Å². The summed E-state index contributed by atoms with van der Waals surface area (Å²) in [6.45, 7) is 11.7. The summed E-state index contributed by atoms with van der Waals surface area (Å²) in [7, 11) is 2.20. The Morgan fingerprint density at radius 1 is 1.14 bits per heavy atom. The van der Waals surface area contributed by atoms with Crippen LogP contribution in [-0.2, 0) is 4.74 Å². The standard InChI is InChI=1S/C10H21NO.C2H6/c1-5-11(4)10-6-8(2)12-9(3)7-10;1-2/h8-10H,5-7H2,1-4H3;1-2H3. The molecule has 2 nitrogen and oxygen atoms in total. The van der Waals surface area contributed by atoms with Crippen LogP contribution >= 0.6 is 0 Å². The van der Waals surface area contributed by atoms with Crippen molar-refractivity contribution in [3.8, 4) is 0 Å². The molecule has 0 aromatic heterocycles. The average Bonchev–Trinajstić information content (AvgIpc) is 2.18. The van der Waals surface area contributed by atoms with E-state index in [0.29, 0.717) is 12.2 Å². The first-order chi connectivity index (χ1) is 6.63. The third-order valence-electron chi connectivity index (χ3n) is 2.79. The third kappa shape index (κ3) is 4.43. The van der Waals surface area contributed by atoms with E-state index in [4.69, 9.17) is 4.74 Å². The molecule has 0 spiro atoms. The van der Waals surface area contributed by atoms with E-state index in [0.717, 1.165) is 12.6 Å². The molecule has 2 unspecified atom stereocenters. The van der Waals surface area contributed by atoms with Gasteiger partial charge in [-0.1, -0.05) is 20.8 Å². The largest absolute Gasteiger partial charge is 0.375 e. The molecule has 0 aromatic rings. The number of rotatable bonds is 2. The molecule has 0 bridgehead atoms. The predicted octanol–water partition coefficient (Wildman–Crippen LogP) is 2.92. The van der Waals surface area contributed by atoms with E-state index in [1.165, 1.54) is 12.8 Å². The number of ether oxygens (including phenoxy) is 1. The van der Waals surface area contributed by atoms with Crippen molar-refractivity contribution in [3.63, 3.8) is 0 Å². The average molecular weight is 201 g/mol. The van der Waals surface area contributed by atoms with E-state index in [-0.39, 0.29) is 0 Å². The molecule has 2 heteroatoms. The molecule has 1 aliphatic heterocycles. The molecule has 1 aliphatic rings. The normalized spacial score (nSPS) is 32.4. The Hall–Kier alpha value is -0.0800. The highest BCUT2D eigenvalue weighted by atomic mass is 16.5. The fraction of sp³-hybridized carbons (Fsp3) is 1.00. The highest BCUT2D eigenvalue weighted by molar-refractivity contribution is 4.78. The molecule has 86 valence electrons. The van der Waals surface area contributed by atoms with E-state index < -0.39 is 0 Å². The van der Waals surface area contributed by atoms with Crippen molar-refractivity contribution in [1.82, 2.24) is 4.90 Å². The van der Waals surface area contributed by atoms with Gasteiger partial charge >= 0.3 is 0 Å². The van der Waals surface area contributed by atoms with Gasteiger partial charge in [0.15, 0.2) is 0 Å². The molecule has 0 aliphatic carbocycles. The Morgan fingerprint density at radius 2 is 1.57 bits per heavy atom. The Labute approximate surface area is 89.6 Å². The second-order valence-corrected chi connectivity index (χ2v) is 3.96. The summed E-state index contributed by atoms with van der Waals surface area (Å²) < 4.78 is 5.68. The molecule has 0 N–H and O–H groups in total. The van der Waals surface area contributed by atoms with Crippen LogP contribution in [0.15, 0.2) is 0 Å². The highest BCUT2D eigenvalue weighted by Gasteiger charge is 2.26. The first-order valence-electron chi connectivity index (χ1n) is 5.99. The quantitative estimate of drug-likeness (QED) is 0.681. The van der Waals surface area contributed by atoms with Gasteiger partial charge in [0.05, 0.1) is 12.2 Å². The fourth-order valence-corrected chi connectivity index (χ4v) is 1.99. The van der Waals surface area contributed by atoms with E-state index >= 15 is 0 Å². The van der Waals surface area contributed by atoms with Crippen LogP contribution in [0.25, 0.3) is 0 Å². The van der Waals surface area contributed by atoms with E-state index in [1.807, 2.05) is 13.8 Å². The fourth-order valence-electron chi connectivity index (χ4n) is 1.99. The number of hydrogen-bond acceptors (Lipinski definition) is 2. The molecule has 2 atom stereocenters. The van der Waals surface area contributed by atoms with Gasteiger partial charge in [-0.25, -0.2) is 0 Å². The van der Waals surface area contributed by atoms with Crippen molar-refractivity contribution < 1.29 is 4.74 Å². The maximum atomic E-state index is 5.68. The van der Waals surface area contributed by atoms with Gasteiger partial charge in [-0.2, -0.15) is 0 Å². The lowest BCUT2D eigenvalue weighted by Gasteiger charge is -2.37. The molecular formula is C12H27NO. The molecule has 1 heterocycles. The Morgan fingerprint density at radius 3 is 1.93 bits per heavy atom. The second-order valence-electron chi connectivity index (χ2n) is 3.96. The summed E-state index contributed by atoms with van der Waals surface area (Å²) in [5.74, 6) is 0. The smallest absolute Gasteiger partial charge is 0.0565 e. The molecular weight excluding hydrogens is 174 g/mol. The van der Waals surface area contributed by atoms with Crippen molar-refractivity contribution >= 4 is 0 Å². The van der Waals surface area contributed by atoms with Gasteiger partial charge in [-0.05, 0) is 40.3 Å². The molecule has 0 radical (unpaired) electrons. The molecule has 0 amide bonds. The van der Waals surface area contributed by atoms with Gasteiger partial charge in [-0.3, -0.25) is 0 Å². The van der Waals surface area contributed by atoms with Crippen molar-refractivity contribution in [2.75, 3.05) is 13.6 Å². The van der Waals surface area contributed by atoms with Gasteiger partial charge < -0.3 is 9.64 Å². The molecule has 1 saturated heterocycles. The summed E-state index contributed by atoms with van der Waals surface area (Å²) in [6, 6.07) is 0.730. The van der Waals surface area contributed by atoms with Crippen molar-refractivity contribution in [2.24, 2.45) is 0 Å². The zero-order valence-electron chi connectivity index (χ0n) is 10.7. The van der Waals surface area contributed by atoms with Gasteiger partial charge in [0.1, 0.15) is 0 Å². The highest BCUT2D eigenvalue weighted by Crippen LogP contribution is 2.22. The van der Waals surface area contributed by atoms with Gasteiger partial charge in [0.25, 0.3) is 0 Å². The maximum absolute atomic E-state index is 5.68. The first-order valence-corrected chi connectivity index (χ1v) is 5.99. The zero-order chi connectivity index (χ0) is 11.1. The first kappa shape index (κ1) is 13.9. The van der Waals surface area contributed by atoms with Crippen LogP contribution in [0, 0.1) is 0 Å². The SMILES string of the molecule is CC.CCN(C)C1CC(C)OC(C)C1. The number of hydrogen-bond donors (Lipinski definition) is 0. The van der Waals surface area contributed by atoms with Crippen molar-refractivity contribution in [3.05, 3.63) is 0 Å². The van der Waals surface area contributed by atoms with E-state index in [1.54, 1.807) is 0 Å². The summed E-state index contributed by atoms with van der Waals surface area (Å²) in [6.07, 6.45) is 3.25. The van der Waals surface area contributed by atoms with Crippen LogP contribution in [0.4, 0.5) is 0 Å². The molecule has 1 rings (SSSR count). The van der Waals surface area contributed by atoms with Crippen molar-refractivity contribution in [2.45, 2.75) is 65.7 Å². The number of nitrogens with zero attached hydrogens (tertiary/aromatic N) is 1. The van der Waals surface area contributed by atoms with Crippen LogP contribution in [-0.4, -0.2) is 36.7 Å². The van der Waals surface area contributed by atoms with Crippen LogP contribution in [0.5, 0.6) is 0 Å². The lowest BCUT2D eigenvalue weighted by Crippen LogP contribution is -2.42. The van der Waals surface area contributed by atoms with Crippen LogP contribution in [0.2, 0.25) is 0 Å². The molecule has 0 aromatic carbocycles. The lowest BCUT2D eigenvalue weighted by atomic mass is 9.99. The minimum Gasteiger partial charge on any atom is -0.375 e. The van der Waals surface area contributed by atoms with E-state index in [2.05, 4.69) is 32.7 Å². The lowest BCUT2D eigenvalue weighted by molar-refractivity contribution is -0.0605. The van der Waals surface area contributed by atoms with Crippen LogP contribution in [0.3, 0.4) is 0 Å². The summed E-state index contributed by atoms with van der Waals surface area (Å²) in [5.41, 5.74) is 0. The zero-order valence-corrected chi connectivity index (χ0v) is 10.7. The summed E-state index contributed by atoms with van der Waals surface area (Å²) in [4.78, 5) is 2.43. The predicted molar refractivity (Wildman–Crippen MR) is 62.7 cm³/mol. The Balaban J connectivity index is 0.000000791. The molecule has 1 fully saturated rings. The van der Waals surface area contributed by atoms with Crippen molar-refractivity contribution in [1.29, 1.82) is 0 Å². The minimum absolute atomic E-state index is 0.438. The maximum Gasteiger partial charge on any atom is 0.0565 e. The van der Waals surface area contributed by atoms with E-state index in [9.17, 15) is 0 Å². The van der Waals surface area contributed by atoms with Gasteiger partial charge in [-0.15, -0.1) is 0 Å². The Bertz CT molecular complexity index is 128. The second kappa shape index (κ2) is 7.24. The van der Waals surface area contributed by atoms with Crippen LogP contribution < -0.4 is 0 Å². The van der Waals surface area contributed by atoms with Crippen LogP contribution in [0.1, 0.15) is 47.5 Å². The van der Waals surface area contributed by atoms with Gasteiger partial charge in [0.2, 0.25) is 0 Å².